The van der Waals surface area contributed by atoms with Crippen LogP contribution in [0, 0.1) is 15.9 Å². The average molecular weight is 269 g/mol. The fourth-order valence-electron chi connectivity index (χ4n) is 1.36. The normalized spacial score (nSPS) is 9.95. The Morgan fingerprint density at radius 1 is 1.42 bits per heavy atom. The van der Waals surface area contributed by atoms with Crippen LogP contribution in [0.15, 0.2) is 18.2 Å². The molecule has 0 heterocycles. The number of hydrogen-bond donors (Lipinski definition) is 2. The lowest BCUT2D eigenvalue weighted by Crippen LogP contribution is -2.26. The zero-order chi connectivity index (χ0) is 14.4. The van der Waals surface area contributed by atoms with Gasteiger partial charge in [-0.15, -0.1) is 0 Å². The van der Waals surface area contributed by atoms with Crippen LogP contribution in [-0.4, -0.2) is 23.3 Å². The highest BCUT2D eigenvalue weighted by atomic mass is 19.1. The summed E-state index contributed by atoms with van der Waals surface area (Å²) in [6.07, 6.45) is 0.412. The van der Waals surface area contributed by atoms with Crippen LogP contribution in [0.4, 0.5) is 10.1 Å². The molecule has 0 aliphatic carbocycles. The molecule has 0 aromatic heterocycles. The van der Waals surface area contributed by atoms with Crippen LogP contribution in [0.2, 0.25) is 0 Å². The number of nitro benzene ring substituents is 1. The number of primary amides is 1. The molecule has 19 heavy (non-hydrogen) atoms. The number of nitrogens with zero attached hydrogens (tertiary/aromatic N) is 1. The molecule has 8 heteroatoms. The summed E-state index contributed by atoms with van der Waals surface area (Å²) in [4.78, 5) is 31.9. The van der Waals surface area contributed by atoms with Crippen molar-refractivity contribution >= 4 is 17.5 Å². The van der Waals surface area contributed by atoms with Gasteiger partial charge in [0.15, 0.2) is 0 Å². The van der Waals surface area contributed by atoms with Crippen LogP contribution >= 0.6 is 0 Å². The third kappa shape index (κ3) is 4.34. The van der Waals surface area contributed by atoms with Crippen molar-refractivity contribution in [3.8, 4) is 0 Å². The highest BCUT2D eigenvalue weighted by molar-refractivity contribution is 5.95. The molecule has 0 atom stereocenters. The first-order valence-corrected chi connectivity index (χ1v) is 5.42. The van der Waals surface area contributed by atoms with E-state index < -0.39 is 28.1 Å². The van der Waals surface area contributed by atoms with E-state index >= 15 is 0 Å². The van der Waals surface area contributed by atoms with Gasteiger partial charge in [0.05, 0.1) is 10.5 Å². The quantitative estimate of drug-likeness (QED) is 0.450. The third-order valence-electron chi connectivity index (χ3n) is 2.29. The van der Waals surface area contributed by atoms with Crippen LogP contribution in [0.1, 0.15) is 23.2 Å². The fourth-order valence-corrected chi connectivity index (χ4v) is 1.36. The van der Waals surface area contributed by atoms with E-state index in [-0.39, 0.29) is 18.7 Å². The highest BCUT2D eigenvalue weighted by Gasteiger charge is 2.16. The van der Waals surface area contributed by atoms with Gasteiger partial charge in [0.25, 0.3) is 11.6 Å². The summed E-state index contributed by atoms with van der Waals surface area (Å²) in [6, 6.07) is 2.69. The van der Waals surface area contributed by atoms with Crippen molar-refractivity contribution in [1.82, 2.24) is 5.32 Å². The maximum atomic E-state index is 13.4. The predicted molar refractivity (Wildman–Crippen MR) is 63.8 cm³/mol. The van der Waals surface area contributed by atoms with Crippen molar-refractivity contribution in [2.45, 2.75) is 12.8 Å². The summed E-state index contributed by atoms with van der Waals surface area (Å²) in [7, 11) is 0. The molecule has 0 aliphatic heterocycles. The highest BCUT2D eigenvalue weighted by Crippen LogP contribution is 2.16. The lowest BCUT2D eigenvalue weighted by atomic mass is 10.1. The van der Waals surface area contributed by atoms with Crippen LogP contribution in [-0.2, 0) is 4.79 Å². The van der Waals surface area contributed by atoms with Crippen LogP contribution in [0.3, 0.4) is 0 Å². The molecule has 2 amide bonds. The van der Waals surface area contributed by atoms with Gasteiger partial charge in [0, 0.05) is 25.1 Å². The van der Waals surface area contributed by atoms with Crippen molar-refractivity contribution in [2.24, 2.45) is 5.73 Å². The summed E-state index contributed by atoms with van der Waals surface area (Å²) in [5.74, 6) is -2.13. The van der Waals surface area contributed by atoms with Crippen LogP contribution < -0.4 is 11.1 Å². The second-order valence-corrected chi connectivity index (χ2v) is 3.75. The van der Waals surface area contributed by atoms with E-state index in [1.165, 1.54) is 0 Å². The lowest BCUT2D eigenvalue weighted by molar-refractivity contribution is -0.384. The molecule has 1 aromatic carbocycles. The number of amides is 2. The fraction of sp³-hybridized carbons (Fsp3) is 0.273. The van der Waals surface area contributed by atoms with E-state index in [0.29, 0.717) is 6.42 Å². The van der Waals surface area contributed by atoms with Gasteiger partial charge in [-0.1, -0.05) is 0 Å². The topological polar surface area (TPSA) is 115 Å². The van der Waals surface area contributed by atoms with Gasteiger partial charge < -0.3 is 11.1 Å². The molecular weight excluding hydrogens is 257 g/mol. The number of benzene rings is 1. The first kappa shape index (κ1) is 14.6. The van der Waals surface area contributed by atoms with Crippen LogP contribution in [0.25, 0.3) is 0 Å². The lowest BCUT2D eigenvalue weighted by Gasteiger charge is -2.05. The first-order valence-electron chi connectivity index (χ1n) is 5.42. The summed E-state index contributed by atoms with van der Waals surface area (Å²) in [5.41, 5.74) is 4.13. The number of nitrogens with two attached hydrogens (primary N) is 1. The molecule has 0 radical (unpaired) electrons. The van der Waals surface area contributed by atoms with Gasteiger partial charge in [0.2, 0.25) is 5.91 Å². The summed E-state index contributed by atoms with van der Waals surface area (Å²) in [5, 5.41) is 12.9. The van der Waals surface area contributed by atoms with Gasteiger partial charge >= 0.3 is 0 Å². The molecule has 0 unspecified atom stereocenters. The van der Waals surface area contributed by atoms with Gasteiger partial charge in [-0.05, 0) is 12.5 Å². The Labute approximate surface area is 107 Å². The zero-order valence-electron chi connectivity index (χ0n) is 9.89. The molecule has 0 spiro atoms. The van der Waals surface area contributed by atoms with Crippen molar-refractivity contribution < 1.29 is 18.9 Å². The second kappa shape index (κ2) is 6.43. The average Bonchev–Trinajstić information content (AvgIpc) is 2.34. The monoisotopic (exact) mass is 269 g/mol. The smallest absolute Gasteiger partial charge is 0.270 e. The van der Waals surface area contributed by atoms with E-state index in [1.54, 1.807) is 0 Å². The number of non-ortho nitro benzene ring substituents is 1. The van der Waals surface area contributed by atoms with Gasteiger partial charge in [-0.3, -0.25) is 19.7 Å². The third-order valence-corrected chi connectivity index (χ3v) is 2.29. The standard InChI is InChI=1S/C11H12FN3O4/c12-9-4-3-7(15(18)19)6-8(9)11(17)14-5-1-2-10(13)16/h3-4,6H,1-2,5H2,(H2,13,16)(H,14,17). The van der Waals surface area contributed by atoms with Gasteiger partial charge in [0.1, 0.15) is 5.82 Å². The Hall–Kier alpha value is -2.51. The Bertz CT molecular complexity index is 519. The molecule has 102 valence electrons. The van der Waals surface area contributed by atoms with Crippen molar-refractivity contribution in [2.75, 3.05) is 6.54 Å². The molecule has 1 rings (SSSR count). The molecule has 0 aliphatic rings. The van der Waals surface area contributed by atoms with Gasteiger partial charge in [-0.2, -0.15) is 0 Å². The molecule has 0 saturated carbocycles. The number of nitro groups is 1. The maximum absolute atomic E-state index is 13.4. The van der Waals surface area contributed by atoms with Crippen LogP contribution in [0.5, 0.6) is 0 Å². The van der Waals surface area contributed by atoms with E-state index in [9.17, 15) is 24.1 Å². The molecule has 0 fully saturated rings. The minimum atomic E-state index is -0.849. The second-order valence-electron chi connectivity index (χ2n) is 3.75. The molecule has 7 nitrogen and oxygen atoms in total. The van der Waals surface area contributed by atoms with Gasteiger partial charge in [-0.25, -0.2) is 4.39 Å². The summed E-state index contributed by atoms with van der Waals surface area (Å²) in [6.45, 7) is 0.129. The minimum Gasteiger partial charge on any atom is -0.370 e. The molecule has 3 N–H and O–H groups in total. The number of carbonyl (C=O) groups excluding carboxylic acids is 2. The molecule has 1 aromatic rings. The Balaban J connectivity index is 2.68. The molecule has 0 bridgehead atoms. The SMILES string of the molecule is NC(=O)CCCNC(=O)c1cc([N+](=O)[O-])ccc1F. The largest absolute Gasteiger partial charge is 0.370 e. The van der Waals surface area contributed by atoms with Crippen molar-refractivity contribution in [1.29, 1.82) is 0 Å². The van der Waals surface area contributed by atoms with Crippen molar-refractivity contribution in [3.63, 3.8) is 0 Å². The number of nitrogens with one attached hydrogen (secondary N) is 1. The maximum Gasteiger partial charge on any atom is 0.270 e. The number of halogens is 1. The van der Waals surface area contributed by atoms with E-state index in [2.05, 4.69) is 5.32 Å². The Kier molecular flexibility index (Phi) is 4.92. The minimum absolute atomic E-state index is 0.0949. The van der Waals surface area contributed by atoms with E-state index in [0.717, 1.165) is 18.2 Å². The summed E-state index contributed by atoms with van der Waals surface area (Å²) >= 11 is 0. The first-order chi connectivity index (χ1) is 8.91. The Morgan fingerprint density at radius 3 is 2.68 bits per heavy atom. The van der Waals surface area contributed by atoms with Crippen molar-refractivity contribution in [3.05, 3.63) is 39.7 Å². The Morgan fingerprint density at radius 2 is 2.11 bits per heavy atom. The van der Waals surface area contributed by atoms with E-state index in [1.807, 2.05) is 0 Å². The number of hydrogen-bond acceptors (Lipinski definition) is 4. The number of rotatable bonds is 6. The van der Waals surface area contributed by atoms with E-state index in [4.69, 9.17) is 5.73 Å². The number of carbonyl (C=O) groups is 2. The zero-order valence-corrected chi connectivity index (χ0v) is 9.89. The molecular formula is C11H12FN3O4. The summed E-state index contributed by atoms with van der Waals surface area (Å²) < 4.78 is 13.4. The molecule has 0 saturated heterocycles. The predicted octanol–water partition coefficient (Wildman–Crippen LogP) is 0.729.